The Hall–Kier alpha value is -2.09. The van der Waals surface area contributed by atoms with Crippen molar-refractivity contribution in [1.29, 1.82) is 0 Å². The topological polar surface area (TPSA) is 68.1 Å². The van der Waals surface area contributed by atoms with Crippen molar-refractivity contribution in [3.05, 3.63) is 50.0 Å². The zero-order valence-corrected chi connectivity index (χ0v) is 11.5. The van der Waals surface area contributed by atoms with Gasteiger partial charge in [0.1, 0.15) is 0 Å². The summed E-state index contributed by atoms with van der Waals surface area (Å²) in [5.41, 5.74) is 1.42. The highest BCUT2D eigenvalue weighted by Gasteiger charge is 2.24. The molecule has 0 saturated heterocycles. The maximum Gasteiger partial charge on any atom is 0.295 e. The zero-order valence-electron chi connectivity index (χ0n) is 10.7. The van der Waals surface area contributed by atoms with E-state index in [9.17, 15) is 18.9 Å². The fourth-order valence-corrected chi connectivity index (χ4v) is 2.65. The van der Waals surface area contributed by atoms with E-state index < -0.39 is 34.0 Å². The Labute approximate surface area is 117 Å². The van der Waals surface area contributed by atoms with E-state index in [0.29, 0.717) is 0 Å². The molecule has 0 aliphatic carbocycles. The number of anilines is 1. The van der Waals surface area contributed by atoms with Gasteiger partial charge in [-0.25, -0.2) is 13.8 Å². The largest absolute Gasteiger partial charge is 0.370 e. The number of nitrogens with zero attached hydrogens (tertiary/aromatic N) is 2. The third-order valence-corrected chi connectivity index (χ3v) is 3.92. The summed E-state index contributed by atoms with van der Waals surface area (Å²) in [7, 11) is 0. The van der Waals surface area contributed by atoms with Gasteiger partial charge in [-0.05, 0) is 19.9 Å². The van der Waals surface area contributed by atoms with Crippen molar-refractivity contribution in [2.75, 3.05) is 5.32 Å². The summed E-state index contributed by atoms with van der Waals surface area (Å²) in [5, 5.41) is 13.5. The molecule has 1 aromatic heterocycles. The van der Waals surface area contributed by atoms with E-state index in [4.69, 9.17) is 0 Å². The quantitative estimate of drug-likeness (QED) is 0.688. The molecule has 0 bridgehead atoms. The van der Waals surface area contributed by atoms with Crippen molar-refractivity contribution < 1.29 is 13.7 Å². The summed E-state index contributed by atoms with van der Waals surface area (Å²) in [4.78, 5) is 15.0. The molecule has 1 unspecified atom stereocenters. The summed E-state index contributed by atoms with van der Waals surface area (Å²) in [5.74, 6) is -2.39. The first-order valence-corrected chi connectivity index (χ1v) is 6.58. The minimum atomic E-state index is -1.26. The smallest absolute Gasteiger partial charge is 0.295 e. The number of hydrogen-bond donors (Lipinski definition) is 1. The molecule has 2 aromatic rings. The second-order valence-corrected chi connectivity index (χ2v) is 5.07. The highest BCUT2D eigenvalue weighted by molar-refractivity contribution is 7.09. The Morgan fingerprint density at radius 1 is 1.45 bits per heavy atom. The van der Waals surface area contributed by atoms with Gasteiger partial charge >= 0.3 is 0 Å². The highest BCUT2D eigenvalue weighted by atomic mass is 32.1. The van der Waals surface area contributed by atoms with Gasteiger partial charge in [0, 0.05) is 10.9 Å². The number of aryl methyl sites for hydroxylation is 1. The van der Waals surface area contributed by atoms with Gasteiger partial charge < -0.3 is 5.32 Å². The standard InChI is InChI=1S/C12H11F2N3O2S/c1-6-12(20-5-15-6)7(2)16-11-9(17(18)19)4-3-8(13)10(11)14/h3-5,7,16H,1-2H3. The van der Waals surface area contributed by atoms with Crippen LogP contribution in [0.25, 0.3) is 0 Å². The van der Waals surface area contributed by atoms with Crippen LogP contribution in [-0.2, 0) is 0 Å². The molecule has 0 amide bonds. The summed E-state index contributed by atoms with van der Waals surface area (Å²) in [6, 6.07) is 1.26. The molecule has 0 fully saturated rings. The van der Waals surface area contributed by atoms with Crippen molar-refractivity contribution in [1.82, 2.24) is 4.98 Å². The second kappa shape index (κ2) is 5.49. The molecule has 0 aliphatic rings. The number of rotatable bonds is 4. The van der Waals surface area contributed by atoms with Crippen LogP contribution in [0.4, 0.5) is 20.2 Å². The number of halogens is 2. The number of nitro benzene ring substituents is 1. The number of benzene rings is 1. The highest BCUT2D eigenvalue weighted by Crippen LogP contribution is 2.33. The van der Waals surface area contributed by atoms with Crippen LogP contribution < -0.4 is 5.32 Å². The number of nitrogens with one attached hydrogen (secondary N) is 1. The Bertz CT molecular complexity index is 660. The molecular formula is C12H11F2N3O2S. The SMILES string of the molecule is Cc1ncsc1C(C)Nc1c([N+](=O)[O-])ccc(F)c1F. The molecule has 0 aliphatic heterocycles. The minimum Gasteiger partial charge on any atom is -0.370 e. The fourth-order valence-electron chi connectivity index (χ4n) is 1.84. The molecule has 8 heteroatoms. The van der Waals surface area contributed by atoms with Crippen molar-refractivity contribution in [3.8, 4) is 0 Å². The van der Waals surface area contributed by atoms with Crippen LogP contribution in [0, 0.1) is 28.7 Å². The molecule has 106 valence electrons. The first-order chi connectivity index (χ1) is 9.41. The maximum absolute atomic E-state index is 13.8. The number of aromatic nitrogens is 1. The lowest BCUT2D eigenvalue weighted by Crippen LogP contribution is -2.10. The first kappa shape index (κ1) is 14.3. The summed E-state index contributed by atoms with van der Waals surface area (Å²) in [6.45, 7) is 3.48. The molecule has 5 nitrogen and oxygen atoms in total. The average molecular weight is 299 g/mol. The van der Waals surface area contributed by atoms with E-state index >= 15 is 0 Å². The normalized spacial score (nSPS) is 12.2. The van der Waals surface area contributed by atoms with Crippen LogP contribution in [0.5, 0.6) is 0 Å². The monoisotopic (exact) mass is 299 g/mol. The fraction of sp³-hybridized carbons (Fsp3) is 0.250. The van der Waals surface area contributed by atoms with Crippen molar-refractivity contribution in [2.45, 2.75) is 19.9 Å². The van der Waals surface area contributed by atoms with Crippen LogP contribution in [0.2, 0.25) is 0 Å². The second-order valence-electron chi connectivity index (χ2n) is 4.18. The zero-order chi connectivity index (χ0) is 14.9. The van der Waals surface area contributed by atoms with Gasteiger partial charge in [-0.3, -0.25) is 10.1 Å². The number of nitro groups is 1. The molecule has 1 heterocycles. The van der Waals surface area contributed by atoms with Crippen LogP contribution in [-0.4, -0.2) is 9.91 Å². The van der Waals surface area contributed by atoms with Gasteiger partial charge in [-0.1, -0.05) is 0 Å². The Kier molecular flexibility index (Phi) is 3.93. The van der Waals surface area contributed by atoms with Crippen LogP contribution in [0.1, 0.15) is 23.5 Å². The van der Waals surface area contributed by atoms with Gasteiger partial charge in [-0.2, -0.15) is 0 Å². The molecule has 1 N–H and O–H groups in total. The molecule has 1 aromatic carbocycles. The van der Waals surface area contributed by atoms with E-state index in [2.05, 4.69) is 10.3 Å². The van der Waals surface area contributed by atoms with Crippen molar-refractivity contribution in [2.24, 2.45) is 0 Å². The van der Waals surface area contributed by atoms with Gasteiger partial charge in [0.25, 0.3) is 5.69 Å². The molecule has 0 saturated carbocycles. The molecule has 2 rings (SSSR count). The maximum atomic E-state index is 13.8. The van der Waals surface area contributed by atoms with E-state index in [1.807, 2.05) is 0 Å². The van der Waals surface area contributed by atoms with E-state index in [1.54, 1.807) is 19.4 Å². The van der Waals surface area contributed by atoms with Gasteiger partial charge in [0.15, 0.2) is 17.3 Å². The lowest BCUT2D eigenvalue weighted by atomic mass is 10.2. The van der Waals surface area contributed by atoms with Crippen LogP contribution in [0.15, 0.2) is 17.6 Å². The van der Waals surface area contributed by atoms with E-state index in [0.717, 1.165) is 22.7 Å². The summed E-state index contributed by atoms with van der Waals surface area (Å²) >= 11 is 1.34. The van der Waals surface area contributed by atoms with Crippen LogP contribution >= 0.6 is 11.3 Å². The van der Waals surface area contributed by atoms with Gasteiger partial charge in [0.2, 0.25) is 0 Å². The lowest BCUT2D eigenvalue weighted by Gasteiger charge is -2.15. The third-order valence-electron chi connectivity index (χ3n) is 2.81. The van der Waals surface area contributed by atoms with Crippen molar-refractivity contribution in [3.63, 3.8) is 0 Å². The van der Waals surface area contributed by atoms with E-state index in [1.165, 1.54) is 11.3 Å². The predicted octanol–water partition coefficient (Wildman–Crippen LogP) is 3.81. The third kappa shape index (κ3) is 2.60. The number of thiazole rings is 1. The van der Waals surface area contributed by atoms with Gasteiger partial charge in [0.05, 0.1) is 22.2 Å². The lowest BCUT2D eigenvalue weighted by molar-refractivity contribution is -0.384. The molecule has 1 atom stereocenters. The number of hydrogen-bond acceptors (Lipinski definition) is 5. The summed E-state index contributed by atoms with van der Waals surface area (Å²) in [6.07, 6.45) is 0. The summed E-state index contributed by atoms with van der Waals surface area (Å²) < 4.78 is 27.0. The average Bonchev–Trinajstić information content (AvgIpc) is 2.81. The van der Waals surface area contributed by atoms with Crippen LogP contribution in [0.3, 0.4) is 0 Å². The molecular weight excluding hydrogens is 288 g/mol. The Balaban J connectivity index is 2.40. The molecule has 0 radical (unpaired) electrons. The molecule has 0 spiro atoms. The Morgan fingerprint density at radius 2 is 2.15 bits per heavy atom. The molecule has 20 heavy (non-hydrogen) atoms. The van der Waals surface area contributed by atoms with Gasteiger partial charge in [-0.15, -0.1) is 11.3 Å². The first-order valence-electron chi connectivity index (χ1n) is 5.70. The van der Waals surface area contributed by atoms with Crippen molar-refractivity contribution >= 4 is 22.7 Å². The Morgan fingerprint density at radius 3 is 2.70 bits per heavy atom. The predicted molar refractivity (Wildman–Crippen MR) is 71.9 cm³/mol. The van der Waals surface area contributed by atoms with E-state index in [-0.39, 0.29) is 0 Å². The minimum absolute atomic E-state index is 0.419.